The number of hydrogen-bond donors (Lipinski definition) is 2. The number of hydrogen-bond acceptors (Lipinski definition) is 5. The third-order valence-electron chi connectivity index (χ3n) is 6.09. The first-order valence-electron chi connectivity index (χ1n) is 12.2. The molecule has 2 N–H and O–H groups in total. The molecule has 0 atom stereocenters. The molecule has 0 saturated carbocycles. The summed E-state index contributed by atoms with van der Waals surface area (Å²) in [5, 5.41) is 3.16. The Balaban J connectivity index is 1.43. The first kappa shape index (κ1) is 29.1. The lowest BCUT2D eigenvalue weighted by Gasteiger charge is -2.22. The Morgan fingerprint density at radius 2 is 1.52 bits per heavy atom. The van der Waals surface area contributed by atoms with Crippen LogP contribution in [0.1, 0.15) is 27.0 Å². The van der Waals surface area contributed by atoms with Crippen molar-refractivity contribution in [3.05, 3.63) is 118 Å². The summed E-state index contributed by atoms with van der Waals surface area (Å²) in [6.07, 6.45) is 1.12. The van der Waals surface area contributed by atoms with Gasteiger partial charge in [-0.1, -0.05) is 47.5 Å². The fraction of sp³-hybridized carbons (Fsp3) is 0.138. The molecule has 0 aliphatic heterocycles. The van der Waals surface area contributed by atoms with Crippen LogP contribution in [-0.4, -0.2) is 29.0 Å². The molecule has 4 aromatic carbocycles. The van der Waals surface area contributed by atoms with E-state index < -0.39 is 26.0 Å². The van der Waals surface area contributed by atoms with Gasteiger partial charge >= 0.3 is 0 Å². The van der Waals surface area contributed by atoms with Gasteiger partial charge in [-0.25, -0.2) is 16.8 Å². The summed E-state index contributed by atoms with van der Waals surface area (Å²) in [5.74, 6) is -0.398. The van der Waals surface area contributed by atoms with Crippen LogP contribution in [0.25, 0.3) is 0 Å². The lowest BCUT2D eigenvalue weighted by atomic mass is 10.1. The highest BCUT2D eigenvalue weighted by Gasteiger charge is 2.19. The van der Waals surface area contributed by atoms with Gasteiger partial charge in [0.2, 0.25) is 10.0 Å². The molecular weight excluding hydrogens is 570 g/mol. The van der Waals surface area contributed by atoms with E-state index in [9.17, 15) is 21.6 Å². The number of rotatable bonds is 9. The number of halogens is 1. The van der Waals surface area contributed by atoms with Crippen molar-refractivity contribution in [1.82, 2.24) is 0 Å². The predicted molar refractivity (Wildman–Crippen MR) is 160 cm³/mol. The second-order valence-corrected chi connectivity index (χ2v) is 13.4. The predicted octanol–water partition coefficient (Wildman–Crippen LogP) is 5.98. The normalized spacial score (nSPS) is 11.6. The summed E-state index contributed by atoms with van der Waals surface area (Å²) in [5.41, 5.74) is 4.22. The molecule has 11 heteroatoms. The summed E-state index contributed by atoms with van der Waals surface area (Å²) in [7, 11) is -7.40. The van der Waals surface area contributed by atoms with Crippen LogP contribution in [0.4, 0.5) is 17.1 Å². The lowest BCUT2D eigenvalue weighted by molar-refractivity contribution is 0.102. The number of carbonyl (C=O) groups excluding carboxylic acids is 1. The Hall–Kier alpha value is -3.86. The number of nitrogens with zero attached hydrogens (tertiary/aromatic N) is 1. The van der Waals surface area contributed by atoms with E-state index in [1.807, 2.05) is 26.0 Å². The maximum absolute atomic E-state index is 12.8. The van der Waals surface area contributed by atoms with E-state index in [0.29, 0.717) is 33.2 Å². The lowest BCUT2D eigenvalue weighted by Crippen LogP contribution is -2.29. The molecular formula is C29H28ClN3O5S2. The quantitative estimate of drug-likeness (QED) is 0.247. The maximum atomic E-state index is 12.8. The van der Waals surface area contributed by atoms with Crippen LogP contribution in [-0.2, 0) is 26.6 Å². The molecule has 4 rings (SSSR count). The molecule has 0 aliphatic carbocycles. The summed E-state index contributed by atoms with van der Waals surface area (Å²) in [6.45, 7) is 3.83. The van der Waals surface area contributed by atoms with E-state index in [1.54, 1.807) is 54.6 Å². The second kappa shape index (κ2) is 11.7. The molecule has 0 fully saturated rings. The van der Waals surface area contributed by atoms with Crippen LogP contribution < -0.4 is 14.3 Å². The molecule has 1 amide bonds. The minimum Gasteiger partial charge on any atom is -0.322 e. The van der Waals surface area contributed by atoms with Crippen molar-refractivity contribution < 1.29 is 21.6 Å². The smallest absolute Gasteiger partial charge is 0.261 e. The van der Waals surface area contributed by atoms with Crippen LogP contribution in [0, 0.1) is 13.8 Å². The zero-order chi connectivity index (χ0) is 29.1. The van der Waals surface area contributed by atoms with Crippen molar-refractivity contribution in [3.8, 4) is 0 Å². The highest BCUT2D eigenvalue weighted by atomic mass is 35.5. The Labute approximate surface area is 239 Å². The maximum Gasteiger partial charge on any atom is 0.261 e. The number of sulfonamides is 2. The van der Waals surface area contributed by atoms with Gasteiger partial charge in [-0.05, 0) is 85.6 Å². The van der Waals surface area contributed by atoms with E-state index >= 15 is 0 Å². The van der Waals surface area contributed by atoms with Gasteiger partial charge < -0.3 is 5.32 Å². The summed E-state index contributed by atoms with van der Waals surface area (Å²) in [6, 6.07) is 24.4. The largest absolute Gasteiger partial charge is 0.322 e. The SMILES string of the molecule is Cc1ccc(NS(=O)(=O)c2ccc(NC(=O)c3ccc(CN(c4cccc(Cl)c4)S(C)(=O)=O)cc3)cc2)c(C)c1. The van der Waals surface area contributed by atoms with Gasteiger partial charge in [0.25, 0.3) is 15.9 Å². The standard InChI is InChI=1S/C29H28ClN3O5S2/c1-20-7-16-28(21(2)17-20)32-40(37,38)27-14-12-25(13-15-27)31-29(34)23-10-8-22(9-11-23)19-33(39(3,35)36)26-6-4-5-24(30)18-26/h4-18,32H,19H2,1-3H3,(H,31,34). The number of anilines is 3. The highest BCUT2D eigenvalue weighted by Crippen LogP contribution is 2.25. The Morgan fingerprint density at radius 3 is 2.12 bits per heavy atom. The molecule has 0 unspecified atom stereocenters. The molecule has 0 aliphatic rings. The van der Waals surface area contributed by atoms with Gasteiger partial charge in [0.1, 0.15) is 0 Å². The Bertz CT molecular complexity index is 1760. The second-order valence-electron chi connectivity index (χ2n) is 9.35. The first-order valence-corrected chi connectivity index (χ1v) is 15.9. The molecule has 0 radical (unpaired) electrons. The van der Waals surface area contributed by atoms with Gasteiger partial charge in [0.05, 0.1) is 29.1 Å². The van der Waals surface area contributed by atoms with Crippen LogP contribution in [0.15, 0.2) is 95.9 Å². The number of amides is 1. The number of aryl methyl sites for hydroxylation is 2. The van der Waals surface area contributed by atoms with Crippen LogP contribution in [0.3, 0.4) is 0 Å². The van der Waals surface area contributed by atoms with Crippen molar-refractivity contribution in [2.24, 2.45) is 0 Å². The number of benzene rings is 4. The van der Waals surface area contributed by atoms with Crippen molar-refractivity contribution in [2.75, 3.05) is 20.6 Å². The number of nitrogens with one attached hydrogen (secondary N) is 2. The molecule has 0 saturated heterocycles. The van der Waals surface area contributed by atoms with Gasteiger partial charge in [0.15, 0.2) is 0 Å². The van der Waals surface area contributed by atoms with Gasteiger partial charge in [-0.15, -0.1) is 0 Å². The molecule has 8 nitrogen and oxygen atoms in total. The molecule has 208 valence electrons. The number of carbonyl (C=O) groups is 1. The molecule has 4 aromatic rings. The minimum absolute atomic E-state index is 0.0601. The average Bonchev–Trinajstić information content (AvgIpc) is 2.89. The molecule has 0 heterocycles. The van der Waals surface area contributed by atoms with E-state index in [-0.39, 0.29) is 11.4 Å². The zero-order valence-electron chi connectivity index (χ0n) is 22.1. The monoisotopic (exact) mass is 597 g/mol. The molecule has 0 spiro atoms. The molecule has 0 bridgehead atoms. The van der Waals surface area contributed by atoms with Crippen molar-refractivity contribution in [3.63, 3.8) is 0 Å². The van der Waals surface area contributed by atoms with Crippen LogP contribution in [0.2, 0.25) is 5.02 Å². The third-order valence-corrected chi connectivity index (χ3v) is 8.84. The van der Waals surface area contributed by atoms with Crippen molar-refractivity contribution in [1.29, 1.82) is 0 Å². The summed E-state index contributed by atoms with van der Waals surface area (Å²) in [4.78, 5) is 12.9. The molecule has 0 aromatic heterocycles. The van der Waals surface area contributed by atoms with Gasteiger partial charge in [-0.2, -0.15) is 0 Å². The minimum atomic E-state index is -3.81. The van der Waals surface area contributed by atoms with Crippen molar-refractivity contribution in [2.45, 2.75) is 25.3 Å². The summed E-state index contributed by atoms with van der Waals surface area (Å²) >= 11 is 6.04. The Morgan fingerprint density at radius 1 is 0.850 bits per heavy atom. The topological polar surface area (TPSA) is 113 Å². The summed E-state index contributed by atoms with van der Waals surface area (Å²) < 4.78 is 54.3. The fourth-order valence-electron chi connectivity index (χ4n) is 4.01. The molecule has 40 heavy (non-hydrogen) atoms. The van der Waals surface area contributed by atoms with Crippen LogP contribution in [0.5, 0.6) is 0 Å². The van der Waals surface area contributed by atoms with E-state index in [2.05, 4.69) is 10.0 Å². The van der Waals surface area contributed by atoms with Gasteiger partial charge in [0, 0.05) is 16.3 Å². The van der Waals surface area contributed by atoms with E-state index in [4.69, 9.17) is 11.6 Å². The average molecular weight is 598 g/mol. The Kier molecular flexibility index (Phi) is 8.53. The third kappa shape index (κ3) is 7.20. The highest BCUT2D eigenvalue weighted by molar-refractivity contribution is 7.92. The van der Waals surface area contributed by atoms with E-state index in [1.165, 1.54) is 28.6 Å². The zero-order valence-corrected chi connectivity index (χ0v) is 24.4. The van der Waals surface area contributed by atoms with Crippen LogP contribution >= 0.6 is 11.6 Å². The van der Waals surface area contributed by atoms with Crippen molar-refractivity contribution >= 4 is 54.6 Å². The van der Waals surface area contributed by atoms with Gasteiger partial charge in [-0.3, -0.25) is 13.8 Å². The fourth-order valence-corrected chi connectivity index (χ4v) is 6.21. The first-order chi connectivity index (χ1) is 18.8. The van der Waals surface area contributed by atoms with E-state index in [0.717, 1.165) is 17.4 Å².